The summed E-state index contributed by atoms with van der Waals surface area (Å²) in [6, 6.07) is 8.92. The quantitative estimate of drug-likeness (QED) is 0.854. The highest BCUT2D eigenvalue weighted by Gasteiger charge is 2.18. The van der Waals surface area contributed by atoms with Crippen molar-refractivity contribution in [2.24, 2.45) is 11.8 Å². The van der Waals surface area contributed by atoms with Crippen molar-refractivity contribution >= 4 is 0 Å². The van der Waals surface area contributed by atoms with Crippen LogP contribution in [0.4, 0.5) is 0 Å². The van der Waals surface area contributed by atoms with E-state index in [9.17, 15) is 0 Å². The zero-order valence-corrected chi connectivity index (χ0v) is 13.4. The van der Waals surface area contributed by atoms with Crippen LogP contribution in [0.2, 0.25) is 0 Å². The second kappa shape index (κ2) is 7.80. The van der Waals surface area contributed by atoms with E-state index >= 15 is 0 Å². The Morgan fingerprint density at radius 2 is 2.00 bits per heavy atom. The Labute approximate surface area is 124 Å². The zero-order chi connectivity index (χ0) is 14.4. The fourth-order valence-corrected chi connectivity index (χ4v) is 2.99. The molecular weight excluding hydrogens is 244 g/mol. The molecular formula is C18H30N2. The van der Waals surface area contributed by atoms with Crippen LogP contribution in [0.3, 0.4) is 0 Å². The lowest BCUT2D eigenvalue weighted by Gasteiger charge is -2.32. The average Bonchev–Trinajstić information content (AvgIpc) is 2.40. The van der Waals surface area contributed by atoms with E-state index in [0.29, 0.717) is 0 Å². The summed E-state index contributed by atoms with van der Waals surface area (Å²) in [6.07, 6.45) is 2.69. The van der Waals surface area contributed by atoms with E-state index < -0.39 is 0 Å². The van der Waals surface area contributed by atoms with Gasteiger partial charge in [-0.1, -0.05) is 43.7 Å². The van der Waals surface area contributed by atoms with Crippen molar-refractivity contribution < 1.29 is 0 Å². The van der Waals surface area contributed by atoms with Crippen molar-refractivity contribution in [2.45, 2.75) is 40.2 Å². The molecule has 112 valence electrons. The number of aryl methyl sites for hydroxylation is 1. The highest BCUT2D eigenvalue weighted by molar-refractivity contribution is 5.22. The molecule has 1 saturated heterocycles. The number of nitrogens with one attached hydrogen (secondary N) is 1. The lowest BCUT2D eigenvalue weighted by molar-refractivity contribution is 0.175. The molecule has 1 fully saturated rings. The standard InChI is InChI=1S/C18H30N2/c1-15(2)12-19-13-17-7-9-20(10-8-17)14-18-6-4-5-16(3)11-18/h4-6,11,15,17,19H,7-10,12-14H2,1-3H3. The topological polar surface area (TPSA) is 15.3 Å². The first-order chi connectivity index (χ1) is 9.63. The van der Waals surface area contributed by atoms with Crippen LogP contribution in [-0.4, -0.2) is 31.1 Å². The van der Waals surface area contributed by atoms with Gasteiger partial charge in [-0.25, -0.2) is 0 Å². The minimum atomic E-state index is 0.761. The van der Waals surface area contributed by atoms with E-state index in [2.05, 4.69) is 55.3 Å². The second-order valence-electron chi connectivity index (χ2n) is 6.76. The zero-order valence-electron chi connectivity index (χ0n) is 13.4. The van der Waals surface area contributed by atoms with Crippen LogP contribution in [0.15, 0.2) is 24.3 Å². The smallest absolute Gasteiger partial charge is 0.0233 e. The maximum absolute atomic E-state index is 3.61. The summed E-state index contributed by atoms with van der Waals surface area (Å²) in [4.78, 5) is 2.60. The first-order valence-electron chi connectivity index (χ1n) is 8.12. The molecule has 1 aromatic carbocycles. The normalized spacial score (nSPS) is 17.8. The van der Waals surface area contributed by atoms with Gasteiger partial charge in [-0.3, -0.25) is 4.90 Å². The molecule has 0 amide bonds. The average molecular weight is 274 g/mol. The van der Waals surface area contributed by atoms with Crippen LogP contribution in [0, 0.1) is 18.8 Å². The minimum Gasteiger partial charge on any atom is -0.316 e. The SMILES string of the molecule is Cc1cccc(CN2CCC(CNCC(C)C)CC2)c1. The predicted octanol–water partition coefficient (Wildman–Crippen LogP) is 3.45. The van der Waals surface area contributed by atoms with Gasteiger partial charge in [0.2, 0.25) is 0 Å². The number of piperidine rings is 1. The Kier molecular flexibility index (Phi) is 6.06. The molecule has 1 aliphatic heterocycles. The maximum Gasteiger partial charge on any atom is 0.0233 e. The summed E-state index contributed by atoms with van der Waals surface area (Å²) in [6.45, 7) is 12.7. The Bertz CT molecular complexity index is 392. The molecule has 0 aromatic heterocycles. The molecule has 0 saturated carbocycles. The monoisotopic (exact) mass is 274 g/mol. The van der Waals surface area contributed by atoms with Gasteiger partial charge < -0.3 is 5.32 Å². The van der Waals surface area contributed by atoms with E-state index in [1.807, 2.05) is 0 Å². The fraction of sp³-hybridized carbons (Fsp3) is 0.667. The lowest BCUT2D eigenvalue weighted by atomic mass is 9.96. The molecule has 2 rings (SSSR count). The number of likely N-dealkylation sites (tertiary alicyclic amines) is 1. The van der Waals surface area contributed by atoms with Crippen LogP contribution in [0.25, 0.3) is 0 Å². The van der Waals surface area contributed by atoms with Crippen molar-refractivity contribution in [3.05, 3.63) is 35.4 Å². The second-order valence-corrected chi connectivity index (χ2v) is 6.76. The van der Waals surface area contributed by atoms with E-state index in [1.54, 1.807) is 0 Å². The molecule has 1 N–H and O–H groups in total. The van der Waals surface area contributed by atoms with Gasteiger partial charge in [0.05, 0.1) is 0 Å². The summed E-state index contributed by atoms with van der Waals surface area (Å²) in [5.41, 5.74) is 2.83. The molecule has 1 aliphatic rings. The fourth-order valence-electron chi connectivity index (χ4n) is 2.99. The highest BCUT2D eigenvalue weighted by atomic mass is 15.1. The van der Waals surface area contributed by atoms with Crippen molar-refractivity contribution in [2.75, 3.05) is 26.2 Å². The van der Waals surface area contributed by atoms with Gasteiger partial charge in [-0.05, 0) is 63.3 Å². The number of hydrogen-bond acceptors (Lipinski definition) is 2. The largest absolute Gasteiger partial charge is 0.316 e. The maximum atomic E-state index is 3.61. The highest BCUT2D eigenvalue weighted by Crippen LogP contribution is 2.18. The molecule has 0 aliphatic carbocycles. The van der Waals surface area contributed by atoms with Gasteiger partial charge in [-0.2, -0.15) is 0 Å². The molecule has 0 unspecified atom stereocenters. The number of rotatable bonds is 6. The van der Waals surface area contributed by atoms with E-state index in [1.165, 1.54) is 43.6 Å². The Balaban J connectivity index is 1.69. The van der Waals surface area contributed by atoms with Crippen molar-refractivity contribution in [3.63, 3.8) is 0 Å². The van der Waals surface area contributed by atoms with Crippen LogP contribution in [0.1, 0.15) is 37.8 Å². The van der Waals surface area contributed by atoms with Crippen molar-refractivity contribution in [1.82, 2.24) is 10.2 Å². The van der Waals surface area contributed by atoms with E-state index in [-0.39, 0.29) is 0 Å². The van der Waals surface area contributed by atoms with Crippen LogP contribution >= 0.6 is 0 Å². The summed E-state index contributed by atoms with van der Waals surface area (Å²) in [5.74, 6) is 1.64. The molecule has 0 spiro atoms. The first kappa shape index (κ1) is 15.5. The van der Waals surface area contributed by atoms with Gasteiger partial charge in [0.1, 0.15) is 0 Å². The van der Waals surface area contributed by atoms with Crippen LogP contribution < -0.4 is 5.32 Å². The summed E-state index contributed by atoms with van der Waals surface area (Å²) < 4.78 is 0. The number of hydrogen-bond donors (Lipinski definition) is 1. The molecule has 0 radical (unpaired) electrons. The third-order valence-electron chi connectivity index (χ3n) is 4.18. The van der Waals surface area contributed by atoms with Gasteiger partial charge in [-0.15, -0.1) is 0 Å². The minimum absolute atomic E-state index is 0.761. The summed E-state index contributed by atoms with van der Waals surface area (Å²) >= 11 is 0. The van der Waals surface area contributed by atoms with Crippen LogP contribution in [-0.2, 0) is 6.54 Å². The van der Waals surface area contributed by atoms with E-state index in [4.69, 9.17) is 0 Å². The molecule has 2 heteroatoms. The van der Waals surface area contributed by atoms with Gasteiger partial charge in [0.25, 0.3) is 0 Å². The Hall–Kier alpha value is -0.860. The molecule has 2 nitrogen and oxygen atoms in total. The molecule has 1 heterocycles. The molecule has 1 aromatic rings. The van der Waals surface area contributed by atoms with Crippen molar-refractivity contribution in [3.8, 4) is 0 Å². The number of benzene rings is 1. The van der Waals surface area contributed by atoms with Crippen LogP contribution in [0.5, 0.6) is 0 Å². The third-order valence-corrected chi connectivity index (χ3v) is 4.18. The molecule has 20 heavy (non-hydrogen) atoms. The summed E-state index contributed by atoms with van der Waals surface area (Å²) in [7, 11) is 0. The lowest BCUT2D eigenvalue weighted by Crippen LogP contribution is -2.37. The molecule has 0 atom stereocenters. The number of nitrogens with zero attached hydrogens (tertiary/aromatic N) is 1. The van der Waals surface area contributed by atoms with Gasteiger partial charge in [0.15, 0.2) is 0 Å². The Morgan fingerprint density at radius 3 is 2.65 bits per heavy atom. The Morgan fingerprint density at radius 1 is 1.25 bits per heavy atom. The van der Waals surface area contributed by atoms with Crippen molar-refractivity contribution in [1.29, 1.82) is 0 Å². The predicted molar refractivity (Wildman–Crippen MR) is 86.9 cm³/mol. The third kappa shape index (κ3) is 5.26. The summed E-state index contributed by atoms with van der Waals surface area (Å²) in [5, 5.41) is 3.61. The molecule has 0 bridgehead atoms. The van der Waals surface area contributed by atoms with E-state index in [0.717, 1.165) is 24.9 Å². The first-order valence-corrected chi connectivity index (χ1v) is 8.12. The van der Waals surface area contributed by atoms with Gasteiger partial charge in [0, 0.05) is 6.54 Å². The van der Waals surface area contributed by atoms with Gasteiger partial charge >= 0.3 is 0 Å².